The van der Waals surface area contributed by atoms with Crippen LogP contribution >= 0.6 is 0 Å². The van der Waals surface area contributed by atoms with Crippen molar-refractivity contribution in [3.05, 3.63) is 29.8 Å². The lowest BCUT2D eigenvalue weighted by Gasteiger charge is -2.26. The van der Waals surface area contributed by atoms with Crippen LogP contribution in [0.2, 0.25) is 0 Å². The topological polar surface area (TPSA) is 29.3 Å². The lowest BCUT2D eigenvalue weighted by Crippen LogP contribution is -2.27. The van der Waals surface area contributed by atoms with Gasteiger partial charge in [-0.25, -0.2) is 0 Å². The Balaban J connectivity index is 2.49. The average molecular weight is 262 g/mol. The van der Waals surface area contributed by atoms with Gasteiger partial charge in [-0.15, -0.1) is 0 Å². The number of nitrogens with zero attached hydrogens (tertiary/aromatic N) is 1. The molecule has 0 fully saturated rings. The van der Waals surface area contributed by atoms with Crippen molar-refractivity contribution < 1.29 is 0 Å². The number of aryl methyl sites for hydroxylation is 1. The summed E-state index contributed by atoms with van der Waals surface area (Å²) in [7, 11) is 0. The fourth-order valence-corrected chi connectivity index (χ4v) is 2.46. The van der Waals surface area contributed by atoms with E-state index in [4.69, 9.17) is 5.73 Å². The predicted molar refractivity (Wildman–Crippen MR) is 85.8 cm³/mol. The fourth-order valence-electron chi connectivity index (χ4n) is 2.46. The number of rotatable bonds is 10. The van der Waals surface area contributed by atoms with Gasteiger partial charge in [0, 0.05) is 18.8 Å². The Morgan fingerprint density at radius 2 is 1.63 bits per heavy atom. The monoisotopic (exact) mass is 262 g/mol. The largest absolute Gasteiger partial charge is 0.371 e. The molecule has 0 aromatic heterocycles. The zero-order chi connectivity index (χ0) is 13.9. The number of hydrogen-bond donors (Lipinski definition) is 1. The number of nitrogens with two attached hydrogens (primary N) is 1. The van der Waals surface area contributed by atoms with Gasteiger partial charge >= 0.3 is 0 Å². The third-order valence-corrected chi connectivity index (χ3v) is 3.62. The van der Waals surface area contributed by atoms with Gasteiger partial charge in [-0.3, -0.25) is 0 Å². The van der Waals surface area contributed by atoms with Gasteiger partial charge < -0.3 is 10.6 Å². The minimum atomic E-state index is 0.776. The second-order valence-corrected chi connectivity index (χ2v) is 5.33. The Labute approximate surface area is 119 Å². The molecule has 0 aliphatic rings. The van der Waals surface area contributed by atoms with Crippen molar-refractivity contribution in [1.29, 1.82) is 0 Å². The van der Waals surface area contributed by atoms with Crippen LogP contribution in [-0.4, -0.2) is 19.6 Å². The molecule has 0 radical (unpaired) electrons. The van der Waals surface area contributed by atoms with Gasteiger partial charge in [-0.2, -0.15) is 0 Å². The van der Waals surface area contributed by atoms with Crippen molar-refractivity contribution in [2.75, 3.05) is 24.5 Å². The highest BCUT2D eigenvalue weighted by molar-refractivity contribution is 5.52. The molecule has 1 aromatic rings. The molecule has 0 spiro atoms. The molecule has 0 unspecified atom stereocenters. The van der Waals surface area contributed by atoms with Crippen molar-refractivity contribution >= 4 is 5.69 Å². The molecule has 19 heavy (non-hydrogen) atoms. The van der Waals surface area contributed by atoms with Gasteiger partial charge in [0.05, 0.1) is 0 Å². The van der Waals surface area contributed by atoms with E-state index in [1.165, 1.54) is 43.4 Å². The summed E-state index contributed by atoms with van der Waals surface area (Å²) in [6.45, 7) is 7.48. The summed E-state index contributed by atoms with van der Waals surface area (Å²) in [4.78, 5) is 2.51. The fraction of sp³-hybridized carbons (Fsp3) is 0.647. The molecule has 0 aliphatic carbocycles. The summed E-state index contributed by atoms with van der Waals surface area (Å²) < 4.78 is 0. The van der Waals surface area contributed by atoms with Crippen molar-refractivity contribution in [1.82, 2.24) is 0 Å². The molecular weight excluding hydrogens is 232 g/mol. The van der Waals surface area contributed by atoms with Gasteiger partial charge in [-0.1, -0.05) is 50.8 Å². The zero-order valence-corrected chi connectivity index (χ0v) is 12.7. The maximum atomic E-state index is 5.66. The molecule has 0 amide bonds. The molecule has 108 valence electrons. The van der Waals surface area contributed by atoms with Crippen LogP contribution in [0.5, 0.6) is 0 Å². The van der Waals surface area contributed by atoms with Crippen molar-refractivity contribution in [2.45, 2.75) is 52.4 Å². The smallest absolute Gasteiger partial charge is 0.0395 e. The summed E-state index contributed by atoms with van der Waals surface area (Å²) in [5, 5.41) is 0. The van der Waals surface area contributed by atoms with Crippen LogP contribution in [0.1, 0.15) is 51.0 Å². The molecule has 1 rings (SSSR count). The lowest BCUT2D eigenvalue weighted by molar-refractivity contribution is 0.612. The summed E-state index contributed by atoms with van der Waals surface area (Å²) in [5.74, 6) is 0. The summed E-state index contributed by atoms with van der Waals surface area (Å²) in [6.07, 6.45) is 7.76. The van der Waals surface area contributed by atoms with Crippen molar-refractivity contribution in [2.24, 2.45) is 5.73 Å². The standard InChI is InChI=1S/C17H30N2/c1-3-4-5-6-9-14-19(15-10-13-18)17-12-8-7-11-16(17)2/h7-8,11-12H,3-6,9-10,13-15,18H2,1-2H3. The van der Waals surface area contributed by atoms with Gasteiger partial charge in [0.1, 0.15) is 0 Å². The molecule has 0 saturated heterocycles. The minimum Gasteiger partial charge on any atom is -0.371 e. The summed E-state index contributed by atoms with van der Waals surface area (Å²) in [5.41, 5.74) is 8.41. The van der Waals surface area contributed by atoms with Crippen LogP contribution in [0.25, 0.3) is 0 Å². The molecule has 2 heteroatoms. The molecule has 2 N–H and O–H groups in total. The first-order chi connectivity index (χ1) is 9.29. The van der Waals surface area contributed by atoms with E-state index in [2.05, 4.69) is 43.0 Å². The Morgan fingerprint density at radius 1 is 0.947 bits per heavy atom. The van der Waals surface area contributed by atoms with Gasteiger partial charge in [0.15, 0.2) is 0 Å². The SMILES string of the molecule is CCCCCCCN(CCCN)c1ccccc1C. The van der Waals surface area contributed by atoms with Crippen molar-refractivity contribution in [3.8, 4) is 0 Å². The summed E-state index contributed by atoms with van der Waals surface area (Å²) in [6, 6.07) is 8.68. The number of para-hydroxylation sites is 1. The summed E-state index contributed by atoms with van der Waals surface area (Å²) >= 11 is 0. The third-order valence-electron chi connectivity index (χ3n) is 3.62. The normalized spacial score (nSPS) is 10.7. The first-order valence-electron chi connectivity index (χ1n) is 7.80. The highest BCUT2D eigenvalue weighted by Gasteiger charge is 2.07. The van der Waals surface area contributed by atoms with Gasteiger partial charge in [0.25, 0.3) is 0 Å². The lowest BCUT2D eigenvalue weighted by atomic mass is 10.1. The Hall–Kier alpha value is -1.02. The Morgan fingerprint density at radius 3 is 2.32 bits per heavy atom. The zero-order valence-electron chi connectivity index (χ0n) is 12.7. The van der Waals surface area contributed by atoms with Crippen LogP contribution in [0.15, 0.2) is 24.3 Å². The molecular formula is C17H30N2. The number of unbranched alkanes of at least 4 members (excludes halogenated alkanes) is 4. The maximum absolute atomic E-state index is 5.66. The first-order valence-corrected chi connectivity index (χ1v) is 7.80. The minimum absolute atomic E-state index is 0.776. The van der Waals surface area contributed by atoms with Crippen LogP contribution in [-0.2, 0) is 0 Å². The maximum Gasteiger partial charge on any atom is 0.0395 e. The molecule has 0 heterocycles. The highest BCUT2D eigenvalue weighted by Crippen LogP contribution is 2.20. The second-order valence-electron chi connectivity index (χ2n) is 5.33. The number of hydrogen-bond acceptors (Lipinski definition) is 2. The predicted octanol–water partition coefficient (Wildman–Crippen LogP) is 4.12. The van der Waals surface area contributed by atoms with Crippen LogP contribution in [0.3, 0.4) is 0 Å². The molecule has 0 aliphatic heterocycles. The van der Waals surface area contributed by atoms with Crippen LogP contribution in [0.4, 0.5) is 5.69 Å². The van der Waals surface area contributed by atoms with E-state index in [1.807, 2.05) is 0 Å². The number of benzene rings is 1. The van der Waals surface area contributed by atoms with E-state index in [0.29, 0.717) is 0 Å². The molecule has 2 nitrogen and oxygen atoms in total. The Kier molecular flexibility index (Phi) is 8.31. The highest BCUT2D eigenvalue weighted by atomic mass is 15.1. The first kappa shape index (κ1) is 16.0. The van der Waals surface area contributed by atoms with E-state index in [-0.39, 0.29) is 0 Å². The molecule has 1 aromatic carbocycles. The van der Waals surface area contributed by atoms with Gasteiger partial charge in [-0.05, 0) is 37.9 Å². The molecule has 0 bridgehead atoms. The second kappa shape index (κ2) is 9.85. The van der Waals surface area contributed by atoms with E-state index < -0.39 is 0 Å². The molecule has 0 atom stereocenters. The van der Waals surface area contributed by atoms with E-state index in [9.17, 15) is 0 Å². The van der Waals surface area contributed by atoms with E-state index in [0.717, 1.165) is 26.1 Å². The molecule has 0 saturated carbocycles. The van der Waals surface area contributed by atoms with Crippen LogP contribution < -0.4 is 10.6 Å². The Bertz CT molecular complexity index is 336. The van der Waals surface area contributed by atoms with E-state index >= 15 is 0 Å². The average Bonchev–Trinajstić information content (AvgIpc) is 2.43. The van der Waals surface area contributed by atoms with Crippen molar-refractivity contribution in [3.63, 3.8) is 0 Å². The van der Waals surface area contributed by atoms with Crippen LogP contribution in [0, 0.1) is 6.92 Å². The quantitative estimate of drug-likeness (QED) is 0.643. The van der Waals surface area contributed by atoms with Gasteiger partial charge in [0.2, 0.25) is 0 Å². The van der Waals surface area contributed by atoms with E-state index in [1.54, 1.807) is 0 Å². The third kappa shape index (κ3) is 6.11. The number of anilines is 1.